The minimum Gasteiger partial charge on any atom is -0.486 e. The number of benzene rings is 2. The van der Waals surface area contributed by atoms with Crippen LogP contribution in [0.4, 0.5) is 22.0 Å². The minimum absolute atomic E-state index is 0.0422. The van der Waals surface area contributed by atoms with Gasteiger partial charge in [0.25, 0.3) is 0 Å². The fourth-order valence-corrected chi connectivity index (χ4v) is 2.27. The van der Waals surface area contributed by atoms with Gasteiger partial charge in [0.05, 0.1) is 0 Å². The zero-order chi connectivity index (χ0) is 17.5. The van der Waals surface area contributed by atoms with Crippen LogP contribution in [0.15, 0.2) is 41.3 Å². The molecule has 0 radical (unpaired) electrons. The second kappa shape index (κ2) is 5.70. The lowest BCUT2D eigenvalue weighted by molar-refractivity contribution is -0.275. The van der Waals surface area contributed by atoms with Crippen LogP contribution in [-0.4, -0.2) is 13.0 Å². The van der Waals surface area contributed by atoms with Gasteiger partial charge in [0.1, 0.15) is 6.61 Å². The van der Waals surface area contributed by atoms with Crippen molar-refractivity contribution in [3.05, 3.63) is 48.6 Å². The molecule has 0 aliphatic heterocycles. The van der Waals surface area contributed by atoms with Gasteiger partial charge in [-0.1, -0.05) is 12.7 Å². The van der Waals surface area contributed by atoms with Gasteiger partial charge in [0.15, 0.2) is 22.7 Å². The molecule has 0 saturated heterocycles. The summed E-state index contributed by atoms with van der Waals surface area (Å²) in [6.07, 6.45) is -3.65. The molecule has 0 N–H and O–H groups in total. The molecule has 3 nitrogen and oxygen atoms in total. The molecule has 1 heterocycles. The first kappa shape index (κ1) is 16.1. The Bertz CT molecular complexity index is 927. The number of halogens is 5. The van der Waals surface area contributed by atoms with Gasteiger partial charge in [0, 0.05) is 10.8 Å². The summed E-state index contributed by atoms with van der Waals surface area (Å²) in [5, 5.41) is 0.317. The summed E-state index contributed by atoms with van der Waals surface area (Å²) in [4.78, 5) is 0. The predicted molar refractivity (Wildman–Crippen MR) is 76.0 cm³/mol. The van der Waals surface area contributed by atoms with Crippen molar-refractivity contribution in [2.75, 3.05) is 6.61 Å². The van der Waals surface area contributed by atoms with Gasteiger partial charge in [0.2, 0.25) is 11.6 Å². The largest absolute Gasteiger partial charge is 0.573 e. The Morgan fingerprint density at radius 3 is 2.04 bits per heavy atom. The summed E-state index contributed by atoms with van der Waals surface area (Å²) in [5.41, 5.74) is -0.860. The maximum Gasteiger partial charge on any atom is 0.573 e. The molecule has 2 aromatic carbocycles. The molecule has 0 atom stereocenters. The Hall–Kier alpha value is -2.77. The normalized spacial score (nSPS) is 11.9. The number of furan rings is 1. The van der Waals surface area contributed by atoms with E-state index < -0.39 is 29.3 Å². The lowest BCUT2D eigenvalue weighted by Gasteiger charge is -2.09. The topological polar surface area (TPSA) is 31.6 Å². The summed E-state index contributed by atoms with van der Waals surface area (Å²) in [7, 11) is 0. The van der Waals surface area contributed by atoms with E-state index in [0.29, 0.717) is 0 Å². The summed E-state index contributed by atoms with van der Waals surface area (Å²) in [5.74, 6) is -3.46. The van der Waals surface area contributed by atoms with E-state index in [2.05, 4.69) is 11.3 Å². The van der Waals surface area contributed by atoms with E-state index in [1.807, 2.05) is 0 Å². The molecule has 0 amide bonds. The minimum atomic E-state index is -5.06. The Balaban J connectivity index is 2.17. The van der Waals surface area contributed by atoms with Gasteiger partial charge in [-0.25, -0.2) is 0 Å². The molecule has 0 aliphatic carbocycles. The number of hydrogen-bond acceptors (Lipinski definition) is 3. The lowest BCUT2D eigenvalue weighted by Crippen LogP contribution is -2.17. The van der Waals surface area contributed by atoms with Gasteiger partial charge in [-0.2, -0.15) is 8.78 Å². The third-order valence-electron chi connectivity index (χ3n) is 3.20. The summed E-state index contributed by atoms with van der Waals surface area (Å²) >= 11 is 0. The molecule has 0 bridgehead atoms. The van der Waals surface area contributed by atoms with Crippen molar-refractivity contribution >= 4 is 21.9 Å². The maximum absolute atomic E-state index is 14.3. The molecular formula is C16H9F5O3. The number of fused-ring (bicyclic) bond motifs is 3. The van der Waals surface area contributed by atoms with Crippen molar-refractivity contribution in [1.82, 2.24) is 0 Å². The van der Waals surface area contributed by atoms with Crippen LogP contribution in [-0.2, 0) is 0 Å². The van der Waals surface area contributed by atoms with E-state index >= 15 is 0 Å². The van der Waals surface area contributed by atoms with Gasteiger partial charge < -0.3 is 13.9 Å². The van der Waals surface area contributed by atoms with Crippen molar-refractivity contribution in [3.8, 4) is 11.5 Å². The van der Waals surface area contributed by atoms with Crippen molar-refractivity contribution in [3.63, 3.8) is 0 Å². The summed E-state index contributed by atoms with van der Waals surface area (Å²) in [6, 6.07) is 4.70. The monoisotopic (exact) mass is 344 g/mol. The van der Waals surface area contributed by atoms with Gasteiger partial charge >= 0.3 is 6.36 Å². The smallest absolute Gasteiger partial charge is 0.486 e. The highest BCUT2D eigenvalue weighted by molar-refractivity contribution is 6.06. The molecule has 126 valence electrons. The van der Waals surface area contributed by atoms with Gasteiger partial charge in [-0.05, 0) is 24.3 Å². The molecule has 0 fully saturated rings. The third kappa shape index (κ3) is 2.75. The molecule has 0 spiro atoms. The van der Waals surface area contributed by atoms with Crippen molar-refractivity contribution in [2.45, 2.75) is 6.36 Å². The second-order valence-corrected chi connectivity index (χ2v) is 4.76. The van der Waals surface area contributed by atoms with Crippen LogP contribution < -0.4 is 9.47 Å². The van der Waals surface area contributed by atoms with Crippen LogP contribution >= 0.6 is 0 Å². The molecule has 0 unspecified atom stereocenters. The number of alkyl halides is 3. The molecule has 8 heteroatoms. The Morgan fingerprint density at radius 1 is 0.958 bits per heavy atom. The SMILES string of the molecule is C=CCOc1ccc2c(oc3c(F)c(OC(F)(F)F)ccc32)c1F. The molecule has 24 heavy (non-hydrogen) atoms. The zero-order valence-electron chi connectivity index (χ0n) is 11.9. The van der Waals surface area contributed by atoms with Crippen LogP contribution in [0.2, 0.25) is 0 Å². The van der Waals surface area contributed by atoms with Crippen LogP contribution in [0.25, 0.3) is 21.9 Å². The van der Waals surface area contributed by atoms with Crippen LogP contribution in [0.3, 0.4) is 0 Å². The Labute approximate surface area is 131 Å². The quantitative estimate of drug-likeness (QED) is 0.474. The van der Waals surface area contributed by atoms with E-state index in [1.54, 1.807) is 0 Å². The van der Waals surface area contributed by atoms with Crippen LogP contribution in [0.5, 0.6) is 11.5 Å². The fourth-order valence-electron chi connectivity index (χ4n) is 2.27. The first-order valence-corrected chi connectivity index (χ1v) is 6.64. The van der Waals surface area contributed by atoms with E-state index in [4.69, 9.17) is 9.15 Å². The molecular weight excluding hydrogens is 335 g/mol. The average molecular weight is 344 g/mol. The van der Waals surface area contributed by atoms with Crippen molar-refractivity contribution in [1.29, 1.82) is 0 Å². The standard InChI is InChI=1S/C16H9F5O3/c1-2-7-22-10-5-3-8-9-4-6-11(24-16(19,20)21)13(18)15(9)23-14(8)12(10)17/h2-6H,1,7H2. The molecule has 0 saturated carbocycles. The molecule has 3 rings (SSSR count). The van der Waals surface area contributed by atoms with Crippen molar-refractivity contribution in [2.24, 2.45) is 0 Å². The van der Waals surface area contributed by atoms with E-state index in [1.165, 1.54) is 18.2 Å². The number of rotatable bonds is 4. The maximum atomic E-state index is 14.3. The highest BCUT2D eigenvalue weighted by atomic mass is 19.4. The van der Waals surface area contributed by atoms with Crippen LogP contribution in [0, 0.1) is 11.6 Å². The molecule has 1 aromatic heterocycles. The summed E-state index contributed by atoms with van der Waals surface area (Å²) in [6.45, 7) is 3.47. The first-order chi connectivity index (χ1) is 11.3. The highest BCUT2D eigenvalue weighted by Crippen LogP contribution is 2.38. The number of hydrogen-bond donors (Lipinski definition) is 0. The Kier molecular flexibility index (Phi) is 3.82. The van der Waals surface area contributed by atoms with Crippen molar-refractivity contribution < 1.29 is 35.8 Å². The first-order valence-electron chi connectivity index (χ1n) is 6.64. The van der Waals surface area contributed by atoms with Gasteiger partial charge in [-0.3, -0.25) is 0 Å². The number of ether oxygens (including phenoxy) is 2. The van der Waals surface area contributed by atoms with E-state index in [9.17, 15) is 22.0 Å². The third-order valence-corrected chi connectivity index (χ3v) is 3.20. The van der Waals surface area contributed by atoms with E-state index in [0.717, 1.165) is 12.1 Å². The van der Waals surface area contributed by atoms with Gasteiger partial charge in [-0.15, -0.1) is 13.2 Å². The van der Waals surface area contributed by atoms with E-state index in [-0.39, 0.29) is 28.7 Å². The average Bonchev–Trinajstić information content (AvgIpc) is 2.89. The second-order valence-electron chi connectivity index (χ2n) is 4.76. The predicted octanol–water partition coefficient (Wildman–Crippen LogP) is 5.33. The molecule has 3 aromatic rings. The molecule has 0 aliphatic rings. The fraction of sp³-hybridized carbons (Fsp3) is 0.125. The zero-order valence-corrected chi connectivity index (χ0v) is 11.9. The van der Waals surface area contributed by atoms with Crippen LogP contribution in [0.1, 0.15) is 0 Å². The Morgan fingerprint density at radius 2 is 1.50 bits per heavy atom. The summed E-state index contributed by atoms with van der Waals surface area (Å²) < 4.78 is 79.1. The lowest BCUT2D eigenvalue weighted by atomic mass is 10.1. The highest BCUT2D eigenvalue weighted by Gasteiger charge is 2.33.